The number of nitrogens with one attached hydrogen (secondary N) is 1. The monoisotopic (exact) mass is 295 g/mol. The van der Waals surface area contributed by atoms with E-state index in [0.29, 0.717) is 19.3 Å². The van der Waals surface area contributed by atoms with E-state index in [0.717, 1.165) is 17.0 Å². The molecule has 2 N–H and O–H groups in total. The van der Waals surface area contributed by atoms with Gasteiger partial charge >= 0.3 is 5.97 Å². The summed E-state index contributed by atoms with van der Waals surface area (Å²) in [4.78, 5) is 23.5. The molecule has 6 heteroatoms. The van der Waals surface area contributed by atoms with Gasteiger partial charge in [-0.05, 0) is 38.7 Å². The van der Waals surface area contributed by atoms with Gasteiger partial charge in [0.05, 0.1) is 5.69 Å². The second-order valence-corrected chi connectivity index (χ2v) is 5.42. The van der Waals surface area contributed by atoms with Crippen LogP contribution >= 0.6 is 0 Å². The fraction of sp³-hybridized carbons (Fsp3) is 0.667. The van der Waals surface area contributed by atoms with Crippen LogP contribution < -0.4 is 5.32 Å². The zero-order valence-corrected chi connectivity index (χ0v) is 13.5. The van der Waals surface area contributed by atoms with E-state index in [9.17, 15) is 14.7 Å². The summed E-state index contributed by atoms with van der Waals surface area (Å²) < 4.78 is 1.79. The molecule has 0 saturated heterocycles. The van der Waals surface area contributed by atoms with E-state index in [1.165, 1.54) is 0 Å². The van der Waals surface area contributed by atoms with E-state index < -0.39 is 11.5 Å². The van der Waals surface area contributed by atoms with Crippen LogP contribution in [0.2, 0.25) is 0 Å². The molecule has 1 rings (SSSR count). The number of carbonyl (C=O) groups excluding carboxylic acids is 1. The lowest BCUT2D eigenvalue weighted by Crippen LogP contribution is -2.53. The molecule has 0 aliphatic heterocycles. The molecule has 118 valence electrons. The van der Waals surface area contributed by atoms with Crippen LogP contribution in [-0.4, -0.2) is 32.3 Å². The van der Waals surface area contributed by atoms with Crippen molar-refractivity contribution in [3.05, 3.63) is 17.0 Å². The van der Waals surface area contributed by atoms with Gasteiger partial charge in [-0.3, -0.25) is 9.48 Å². The van der Waals surface area contributed by atoms with Crippen LogP contribution in [0.4, 0.5) is 0 Å². The Bertz CT molecular complexity index is 531. The van der Waals surface area contributed by atoms with Crippen molar-refractivity contribution in [3.8, 4) is 0 Å². The summed E-state index contributed by atoms with van der Waals surface area (Å²) >= 11 is 0. The van der Waals surface area contributed by atoms with E-state index >= 15 is 0 Å². The molecule has 0 radical (unpaired) electrons. The van der Waals surface area contributed by atoms with Crippen molar-refractivity contribution in [2.24, 2.45) is 7.05 Å². The van der Waals surface area contributed by atoms with Gasteiger partial charge in [0.2, 0.25) is 5.91 Å². The highest BCUT2D eigenvalue weighted by Crippen LogP contribution is 2.17. The highest BCUT2D eigenvalue weighted by atomic mass is 16.4. The minimum absolute atomic E-state index is 0.233. The Morgan fingerprint density at radius 2 is 1.86 bits per heavy atom. The molecule has 0 bridgehead atoms. The standard InChI is InChI=1S/C15H25N3O3/c1-6-15(7-2,14(20)21)16-13(19)9-8-12-10(3)17-18(5)11(12)4/h6-9H2,1-5H3,(H,16,19)(H,20,21). The largest absolute Gasteiger partial charge is 0.480 e. The number of carbonyl (C=O) groups is 2. The average Bonchev–Trinajstić information content (AvgIpc) is 2.67. The van der Waals surface area contributed by atoms with E-state index in [-0.39, 0.29) is 12.3 Å². The molecule has 6 nitrogen and oxygen atoms in total. The number of hydrogen-bond donors (Lipinski definition) is 2. The summed E-state index contributed by atoms with van der Waals surface area (Å²) in [6.45, 7) is 7.42. The minimum Gasteiger partial charge on any atom is -0.480 e. The molecular weight excluding hydrogens is 270 g/mol. The summed E-state index contributed by atoms with van der Waals surface area (Å²) in [5.74, 6) is -1.21. The first-order valence-electron chi connectivity index (χ1n) is 7.30. The molecule has 1 heterocycles. The Labute approximate surface area is 125 Å². The lowest BCUT2D eigenvalue weighted by atomic mass is 9.92. The predicted molar refractivity (Wildman–Crippen MR) is 80.1 cm³/mol. The summed E-state index contributed by atoms with van der Waals surface area (Å²) in [5.41, 5.74) is 1.85. The lowest BCUT2D eigenvalue weighted by molar-refractivity contribution is -0.148. The highest BCUT2D eigenvalue weighted by molar-refractivity contribution is 5.87. The van der Waals surface area contributed by atoms with Gasteiger partial charge in [0.1, 0.15) is 5.54 Å². The molecule has 1 aromatic rings. The third-order valence-electron chi connectivity index (χ3n) is 4.26. The molecule has 1 amide bonds. The molecule has 0 aliphatic carbocycles. The maximum absolute atomic E-state index is 12.1. The smallest absolute Gasteiger partial charge is 0.329 e. The number of carboxylic acid groups (broad SMARTS) is 1. The number of nitrogens with zero attached hydrogens (tertiary/aromatic N) is 2. The third-order valence-corrected chi connectivity index (χ3v) is 4.26. The SMILES string of the molecule is CCC(CC)(NC(=O)CCc1c(C)nn(C)c1C)C(=O)O. The van der Waals surface area contributed by atoms with E-state index in [1.54, 1.807) is 18.5 Å². The number of amides is 1. The number of aryl methyl sites for hydroxylation is 2. The quantitative estimate of drug-likeness (QED) is 0.802. The zero-order valence-electron chi connectivity index (χ0n) is 13.5. The van der Waals surface area contributed by atoms with Crippen molar-refractivity contribution in [3.63, 3.8) is 0 Å². The molecular formula is C15H25N3O3. The minimum atomic E-state index is -1.16. The summed E-state index contributed by atoms with van der Waals surface area (Å²) in [6.07, 6.45) is 1.58. The molecule has 0 aromatic carbocycles. The van der Waals surface area contributed by atoms with Gasteiger partial charge in [0, 0.05) is 19.2 Å². The van der Waals surface area contributed by atoms with Gasteiger partial charge < -0.3 is 10.4 Å². The second-order valence-electron chi connectivity index (χ2n) is 5.42. The van der Waals surface area contributed by atoms with Crippen LogP contribution in [0.3, 0.4) is 0 Å². The topological polar surface area (TPSA) is 84.2 Å². The van der Waals surface area contributed by atoms with Crippen molar-refractivity contribution in [1.82, 2.24) is 15.1 Å². The summed E-state index contributed by atoms with van der Waals surface area (Å²) in [6, 6.07) is 0. The zero-order chi connectivity index (χ0) is 16.2. The molecule has 21 heavy (non-hydrogen) atoms. The van der Waals surface area contributed by atoms with Crippen molar-refractivity contribution < 1.29 is 14.7 Å². The molecule has 0 spiro atoms. The number of carboxylic acids is 1. The molecule has 0 aliphatic rings. The molecule has 0 fully saturated rings. The van der Waals surface area contributed by atoms with Crippen LogP contribution in [0, 0.1) is 13.8 Å². The molecule has 0 saturated carbocycles. The van der Waals surface area contributed by atoms with E-state index in [1.807, 2.05) is 20.9 Å². The Balaban J connectivity index is 2.72. The number of aliphatic carboxylic acids is 1. The van der Waals surface area contributed by atoms with Crippen molar-refractivity contribution in [2.75, 3.05) is 0 Å². The molecule has 1 aromatic heterocycles. The average molecular weight is 295 g/mol. The first-order valence-corrected chi connectivity index (χ1v) is 7.30. The van der Waals surface area contributed by atoms with Crippen LogP contribution in [0.5, 0.6) is 0 Å². The van der Waals surface area contributed by atoms with E-state index in [2.05, 4.69) is 10.4 Å². The predicted octanol–water partition coefficient (Wildman–Crippen LogP) is 1.73. The van der Waals surface area contributed by atoms with Crippen LogP contribution in [0.25, 0.3) is 0 Å². The Kier molecular flexibility index (Phi) is 5.52. The fourth-order valence-electron chi connectivity index (χ4n) is 2.53. The van der Waals surface area contributed by atoms with Crippen LogP contribution in [0.1, 0.15) is 50.1 Å². The van der Waals surface area contributed by atoms with Gasteiger partial charge in [-0.15, -0.1) is 0 Å². The maximum Gasteiger partial charge on any atom is 0.329 e. The molecule has 0 atom stereocenters. The first-order chi connectivity index (χ1) is 9.77. The maximum atomic E-state index is 12.1. The van der Waals surface area contributed by atoms with Gasteiger partial charge in [-0.25, -0.2) is 4.79 Å². The number of aromatic nitrogens is 2. The normalized spacial score (nSPS) is 11.5. The van der Waals surface area contributed by atoms with Gasteiger partial charge in [-0.1, -0.05) is 13.8 Å². The number of hydrogen-bond acceptors (Lipinski definition) is 3. The number of rotatable bonds is 7. The van der Waals surface area contributed by atoms with Gasteiger partial charge in [0.15, 0.2) is 0 Å². The van der Waals surface area contributed by atoms with Crippen LogP contribution in [-0.2, 0) is 23.1 Å². The van der Waals surface area contributed by atoms with Crippen LogP contribution in [0.15, 0.2) is 0 Å². The fourth-order valence-corrected chi connectivity index (χ4v) is 2.53. The Morgan fingerprint density at radius 1 is 1.29 bits per heavy atom. The van der Waals surface area contributed by atoms with Crippen molar-refractivity contribution >= 4 is 11.9 Å². The summed E-state index contributed by atoms with van der Waals surface area (Å²) in [7, 11) is 1.87. The lowest BCUT2D eigenvalue weighted by Gasteiger charge is -2.28. The van der Waals surface area contributed by atoms with Gasteiger partial charge in [-0.2, -0.15) is 5.10 Å². The van der Waals surface area contributed by atoms with Crippen molar-refractivity contribution in [1.29, 1.82) is 0 Å². The van der Waals surface area contributed by atoms with Crippen molar-refractivity contribution in [2.45, 2.75) is 58.9 Å². The molecule has 0 unspecified atom stereocenters. The Morgan fingerprint density at radius 3 is 2.24 bits per heavy atom. The highest BCUT2D eigenvalue weighted by Gasteiger charge is 2.36. The van der Waals surface area contributed by atoms with E-state index in [4.69, 9.17) is 0 Å². The Hall–Kier alpha value is -1.85. The second kappa shape index (κ2) is 6.74. The first kappa shape index (κ1) is 17.2. The summed E-state index contributed by atoms with van der Waals surface area (Å²) in [5, 5.41) is 16.3. The van der Waals surface area contributed by atoms with Gasteiger partial charge in [0.25, 0.3) is 0 Å². The third kappa shape index (κ3) is 3.62.